The largest absolute Gasteiger partial charge is 0.444 e. The number of carbonyl (C=O) groups excluding carboxylic acids is 2. The first-order valence-electron chi connectivity index (χ1n) is 7.33. The predicted molar refractivity (Wildman–Crippen MR) is 76.8 cm³/mol. The van der Waals surface area contributed by atoms with Gasteiger partial charge in [-0.25, -0.2) is 10.6 Å². The minimum absolute atomic E-state index is 0.132. The van der Waals surface area contributed by atoms with Crippen LogP contribution in [0.2, 0.25) is 0 Å². The van der Waals surface area contributed by atoms with Crippen LogP contribution in [0.5, 0.6) is 0 Å². The molecule has 0 heterocycles. The van der Waals surface area contributed by atoms with Gasteiger partial charge in [0.25, 0.3) is 0 Å². The third-order valence-corrected chi connectivity index (χ3v) is 3.26. The van der Waals surface area contributed by atoms with Crippen molar-refractivity contribution in [2.45, 2.75) is 70.9 Å². The minimum atomic E-state index is -0.532. The lowest BCUT2D eigenvalue weighted by atomic mass is 9.95. The van der Waals surface area contributed by atoms with Crippen molar-refractivity contribution >= 4 is 12.0 Å². The highest BCUT2D eigenvalue weighted by atomic mass is 16.6. The van der Waals surface area contributed by atoms with E-state index in [0.29, 0.717) is 0 Å². The summed E-state index contributed by atoms with van der Waals surface area (Å²) < 4.78 is 5.09. The Morgan fingerprint density at radius 3 is 2.40 bits per heavy atom. The molecule has 0 aromatic rings. The predicted octanol–water partition coefficient (Wildman–Crippen LogP) is 1.94. The van der Waals surface area contributed by atoms with Crippen molar-refractivity contribution in [3.05, 3.63) is 0 Å². The van der Waals surface area contributed by atoms with E-state index in [1.165, 1.54) is 11.4 Å². The van der Waals surface area contributed by atoms with Crippen molar-refractivity contribution in [1.82, 2.24) is 10.3 Å². The molecule has 1 saturated carbocycles. The maximum absolute atomic E-state index is 11.9. The van der Waals surface area contributed by atoms with Crippen LogP contribution in [0.3, 0.4) is 0 Å². The van der Waals surface area contributed by atoms with E-state index in [1.807, 2.05) is 0 Å². The zero-order chi connectivity index (χ0) is 15.2. The molecule has 0 aromatic heterocycles. The van der Waals surface area contributed by atoms with Crippen LogP contribution in [0.1, 0.15) is 59.3 Å². The standard InChI is InChI=1S/C14H27N3O3/c1-14(2,3)20-13(19)16-10-9-12(18)17(15)11-7-5-4-6-8-11/h11H,4-10,15H2,1-3H3,(H,16,19). The molecular weight excluding hydrogens is 258 g/mol. The first kappa shape index (κ1) is 16.8. The quantitative estimate of drug-likeness (QED) is 0.469. The number of alkyl carbamates (subject to hydrolysis) is 1. The average Bonchev–Trinajstić information content (AvgIpc) is 2.36. The molecule has 0 unspecified atom stereocenters. The summed E-state index contributed by atoms with van der Waals surface area (Å²) in [5.41, 5.74) is -0.532. The van der Waals surface area contributed by atoms with Gasteiger partial charge in [-0.05, 0) is 33.6 Å². The van der Waals surface area contributed by atoms with Gasteiger partial charge in [0.1, 0.15) is 5.60 Å². The lowest BCUT2D eigenvalue weighted by molar-refractivity contribution is -0.134. The molecule has 0 saturated heterocycles. The number of ether oxygens (including phenoxy) is 1. The Kier molecular flexibility index (Phi) is 6.26. The Hall–Kier alpha value is -1.30. The van der Waals surface area contributed by atoms with Crippen molar-refractivity contribution in [2.24, 2.45) is 5.84 Å². The van der Waals surface area contributed by atoms with E-state index in [0.717, 1.165) is 25.7 Å². The van der Waals surface area contributed by atoms with Crippen LogP contribution in [-0.2, 0) is 9.53 Å². The van der Waals surface area contributed by atoms with E-state index < -0.39 is 11.7 Å². The smallest absolute Gasteiger partial charge is 0.407 e. The van der Waals surface area contributed by atoms with E-state index in [9.17, 15) is 9.59 Å². The molecule has 0 bridgehead atoms. The highest BCUT2D eigenvalue weighted by molar-refractivity contribution is 5.77. The SMILES string of the molecule is CC(C)(C)OC(=O)NCCC(=O)N(N)C1CCCCC1. The van der Waals surface area contributed by atoms with Gasteiger partial charge in [-0.2, -0.15) is 0 Å². The lowest BCUT2D eigenvalue weighted by Gasteiger charge is -2.30. The number of hydrogen-bond acceptors (Lipinski definition) is 4. The van der Waals surface area contributed by atoms with Gasteiger partial charge >= 0.3 is 6.09 Å². The zero-order valence-corrected chi connectivity index (χ0v) is 12.8. The number of nitrogens with one attached hydrogen (secondary N) is 1. The van der Waals surface area contributed by atoms with E-state index >= 15 is 0 Å². The van der Waals surface area contributed by atoms with E-state index in [1.54, 1.807) is 20.8 Å². The van der Waals surface area contributed by atoms with Gasteiger partial charge in [-0.1, -0.05) is 19.3 Å². The molecule has 1 rings (SSSR count). The number of nitrogens with two attached hydrogens (primary N) is 1. The third-order valence-electron chi connectivity index (χ3n) is 3.26. The summed E-state index contributed by atoms with van der Waals surface area (Å²) in [5, 5.41) is 3.91. The summed E-state index contributed by atoms with van der Waals surface area (Å²) in [4.78, 5) is 23.3. The molecule has 1 aliphatic carbocycles. The van der Waals surface area contributed by atoms with Gasteiger partial charge in [0.2, 0.25) is 5.91 Å². The van der Waals surface area contributed by atoms with Gasteiger partial charge < -0.3 is 10.1 Å². The first-order chi connectivity index (χ1) is 9.29. The fraction of sp³-hybridized carbons (Fsp3) is 0.857. The van der Waals surface area contributed by atoms with Gasteiger partial charge in [0.05, 0.1) is 0 Å². The number of nitrogens with zero attached hydrogens (tertiary/aromatic N) is 1. The monoisotopic (exact) mass is 285 g/mol. The molecule has 3 N–H and O–H groups in total. The lowest BCUT2D eigenvalue weighted by Crippen LogP contribution is -2.47. The third kappa shape index (κ3) is 6.23. The summed E-state index contributed by atoms with van der Waals surface area (Å²) in [6.45, 7) is 5.63. The highest BCUT2D eigenvalue weighted by Crippen LogP contribution is 2.21. The van der Waals surface area contributed by atoms with Crippen LogP contribution in [-0.4, -0.2) is 35.2 Å². The van der Waals surface area contributed by atoms with E-state index in [4.69, 9.17) is 10.6 Å². The van der Waals surface area contributed by atoms with Crippen LogP contribution in [0.15, 0.2) is 0 Å². The van der Waals surface area contributed by atoms with Crippen LogP contribution < -0.4 is 11.2 Å². The zero-order valence-electron chi connectivity index (χ0n) is 12.8. The van der Waals surface area contributed by atoms with Gasteiger partial charge in [-0.15, -0.1) is 0 Å². The highest BCUT2D eigenvalue weighted by Gasteiger charge is 2.23. The summed E-state index contributed by atoms with van der Waals surface area (Å²) in [6, 6.07) is 0.151. The molecule has 20 heavy (non-hydrogen) atoms. The summed E-state index contributed by atoms with van der Waals surface area (Å²) in [7, 11) is 0. The molecule has 6 nitrogen and oxygen atoms in total. The number of hydrogen-bond donors (Lipinski definition) is 2. The topological polar surface area (TPSA) is 84.7 Å². The molecule has 0 aromatic carbocycles. The maximum atomic E-state index is 11.9. The number of hydrazine groups is 1. The second-order valence-electron chi connectivity index (χ2n) is 6.27. The van der Waals surface area contributed by atoms with Crippen molar-refractivity contribution in [3.8, 4) is 0 Å². The van der Waals surface area contributed by atoms with E-state index in [-0.39, 0.29) is 24.9 Å². The fourth-order valence-electron chi connectivity index (χ4n) is 2.28. The van der Waals surface area contributed by atoms with Crippen molar-refractivity contribution < 1.29 is 14.3 Å². The van der Waals surface area contributed by atoms with Crippen LogP contribution in [0.4, 0.5) is 4.79 Å². The van der Waals surface area contributed by atoms with Gasteiger partial charge in [0, 0.05) is 19.0 Å². The molecular formula is C14H27N3O3. The van der Waals surface area contributed by atoms with Crippen molar-refractivity contribution in [3.63, 3.8) is 0 Å². The second-order valence-corrected chi connectivity index (χ2v) is 6.27. The normalized spacial score (nSPS) is 16.6. The Balaban J connectivity index is 2.23. The number of amides is 2. The molecule has 1 fully saturated rings. The van der Waals surface area contributed by atoms with Crippen LogP contribution in [0, 0.1) is 0 Å². The van der Waals surface area contributed by atoms with Gasteiger partial charge in [-0.3, -0.25) is 9.80 Å². The summed E-state index contributed by atoms with van der Waals surface area (Å²) >= 11 is 0. The molecule has 6 heteroatoms. The van der Waals surface area contributed by atoms with Crippen molar-refractivity contribution in [1.29, 1.82) is 0 Å². The Bertz CT molecular complexity index is 333. The molecule has 0 aliphatic heterocycles. The Labute approximate surface area is 121 Å². The van der Waals surface area contributed by atoms with Crippen LogP contribution >= 0.6 is 0 Å². The van der Waals surface area contributed by atoms with Gasteiger partial charge in [0.15, 0.2) is 0 Å². The maximum Gasteiger partial charge on any atom is 0.407 e. The molecule has 0 spiro atoms. The Morgan fingerprint density at radius 2 is 1.85 bits per heavy atom. The van der Waals surface area contributed by atoms with E-state index in [2.05, 4.69) is 5.32 Å². The minimum Gasteiger partial charge on any atom is -0.444 e. The number of carbonyl (C=O) groups is 2. The Morgan fingerprint density at radius 1 is 1.25 bits per heavy atom. The second kappa shape index (κ2) is 7.47. The van der Waals surface area contributed by atoms with Crippen LogP contribution in [0.25, 0.3) is 0 Å². The average molecular weight is 285 g/mol. The molecule has 0 radical (unpaired) electrons. The number of rotatable bonds is 4. The molecule has 2 amide bonds. The molecule has 116 valence electrons. The molecule has 1 aliphatic rings. The fourth-order valence-corrected chi connectivity index (χ4v) is 2.28. The summed E-state index contributed by atoms with van der Waals surface area (Å²) in [6.07, 6.45) is 5.12. The summed E-state index contributed by atoms with van der Waals surface area (Å²) in [5.74, 6) is 5.72. The van der Waals surface area contributed by atoms with Crippen molar-refractivity contribution in [2.75, 3.05) is 6.54 Å². The first-order valence-corrected chi connectivity index (χ1v) is 7.33. The molecule has 0 atom stereocenters.